The van der Waals surface area contributed by atoms with Gasteiger partial charge in [-0.2, -0.15) is 0 Å². The van der Waals surface area contributed by atoms with Crippen molar-refractivity contribution < 1.29 is 0 Å². The Morgan fingerprint density at radius 3 is 2.41 bits per heavy atom. The van der Waals surface area contributed by atoms with Gasteiger partial charge in [0.05, 0.1) is 0 Å². The molecule has 17 heavy (non-hydrogen) atoms. The van der Waals surface area contributed by atoms with E-state index in [0.717, 1.165) is 30.3 Å². The Labute approximate surface area is 107 Å². The predicted octanol–water partition coefficient (Wildman–Crippen LogP) is 2.87. The molecule has 4 atom stereocenters. The van der Waals surface area contributed by atoms with Crippen molar-refractivity contribution in [3.05, 3.63) is 0 Å². The SMILES string of the molecule is CCC1CCC(CN)C(N2CCC(CC)C2)C1. The maximum Gasteiger partial charge on any atom is 0.0138 e. The number of rotatable bonds is 4. The lowest BCUT2D eigenvalue weighted by Crippen LogP contribution is -2.45. The number of likely N-dealkylation sites (tertiary alicyclic amines) is 1. The van der Waals surface area contributed by atoms with Crippen molar-refractivity contribution in [1.82, 2.24) is 4.90 Å². The molecule has 0 aromatic carbocycles. The highest BCUT2D eigenvalue weighted by Crippen LogP contribution is 2.36. The summed E-state index contributed by atoms with van der Waals surface area (Å²) in [4.78, 5) is 2.77. The molecule has 1 aliphatic carbocycles. The van der Waals surface area contributed by atoms with E-state index in [0.29, 0.717) is 0 Å². The number of hydrogen-bond acceptors (Lipinski definition) is 2. The summed E-state index contributed by atoms with van der Waals surface area (Å²) in [5.41, 5.74) is 5.99. The van der Waals surface area contributed by atoms with Crippen molar-refractivity contribution >= 4 is 0 Å². The summed E-state index contributed by atoms with van der Waals surface area (Å²) in [6.45, 7) is 8.26. The molecule has 2 N–H and O–H groups in total. The van der Waals surface area contributed by atoms with Crippen LogP contribution in [0.15, 0.2) is 0 Å². The van der Waals surface area contributed by atoms with E-state index in [1.807, 2.05) is 0 Å². The second-order valence-electron chi connectivity index (χ2n) is 6.21. The molecule has 1 saturated carbocycles. The first-order valence-corrected chi connectivity index (χ1v) is 7.72. The van der Waals surface area contributed by atoms with Crippen molar-refractivity contribution in [2.75, 3.05) is 19.6 Å². The highest BCUT2D eigenvalue weighted by atomic mass is 15.2. The molecule has 4 unspecified atom stereocenters. The third kappa shape index (κ3) is 3.03. The minimum atomic E-state index is 0.772. The van der Waals surface area contributed by atoms with E-state index < -0.39 is 0 Å². The zero-order chi connectivity index (χ0) is 12.3. The third-order valence-corrected chi connectivity index (χ3v) is 5.31. The Balaban J connectivity index is 1.95. The van der Waals surface area contributed by atoms with Crippen LogP contribution in [-0.4, -0.2) is 30.6 Å². The third-order valence-electron chi connectivity index (χ3n) is 5.31. The molecule has 0 bridgehead atoms. The van der Waals surface area contributed by atoms with E-state index in [1.54, 1.807) is 0 Å². The van der Waals surface area contributed by atoms with Crippen LogP contribution in [0.1, 0.15) is 52.4 Å². The van der Waals surface area contributed by atoms with Crippen LogP contribution in [0.2, 0.25) is 0 Å². The zero-order valence-electron chi connectivity index (χ0n) is 11.7. The van der Waals surface area contributed by atoms with Gasteiger partial charge in [0.1, 0.15) is 0 Å². The van der Waals surface area contributed by atoms with E-state index in [9.17, 15) is 0 Å². The summed E-state index contributed by atoms with van der Waals surface area (Å²) in [7, 11) is 0. The maximum absolute atomic E-state index is 5.99. The summed E-state index contributed by atoms with van der Waals surface area (Å²) in [6.07, 6.45) is 8.33. The normalized spacial score (nSPS) is 39.7. The Bertz CT molecular complexity index is 229. The molecule has 2 aliphatic rings. The fourth-order valence-electron chi connectivity index (χ4n) is 3.88. The number of hydrogen-bond donors (Lipinski definition) is 1. The van der Waals surface area contributed by atoms with Crippen LogP contribution >= 0.6 is 0 Å². The monoisotopic (exact) mass is 238 g/mol. The Morgan fingerprint density at radius 2 is 1.82 bits per heavy atom. The van der Waals surface area contributed by atoms with Gasteiger partial charge in [-0.15, -0.1) is 0 Å². The van der Waals surface area contributed by atoms with Crippen LogP contribution in [0, 0.1) is 17.8 Å². The fraction of sp³-hybridized carbons (Fsp3) is 1.00. The minimum absolute atomic E-state index is 0.772. The lowest BCUT2D eigenvalue weighted by atomic mass is 9.76. The summed E-state index contributed by atoms with van der Waals surface area (Å²) in [5, 5.41) is 0. The molecule has 2 heteroatoms. The van der Waals surface area contributed by atoms with Crippen LogP contribution in [-0.2, 0) is 0 Å². The average Bonchev–Trinajstić information content (AvgIpc) is 2.86. The lowest BCUT2D eigenvalue weighted by molar-refractivity contribution is 0.0972. The molecule has 2 rings (SSSR count). The van der Waals surface area contributed by atoms with E-state index in [2.05, 4.69) is 18.7 Å². The van der Waals surface area contributed by atoms with Crippen molar-refractivity contribution in [1.29, 1.82) is 0 Å². The van der Waals surface area contributed by atoms with Crippen molar-refractivity contribution in [2.24, 2.45) is 23.5 Å². The first-order chi connectivity index (χ1) is 8.28. The topological polar surface area (TPSA) is 29.3 Å². The van der Waals surface area contributed by atoms with Crippen LogP contribution < -0.4 is 5.73 Å². The van der Waals surface area contributed by atoms with Crippen molar-refractivity contribution in [2.45, 2.75) is 58.4 Å². The highest BCUT2D eigenvalue weighted by molar-refractivity contribution is 4.90. The molecule has 0 aromatic heterocycles. The first kappa shape index (κ1) is 13.4. The van der Waals surface area contributed by atoms with Gasteiger partial charge >= 0.3 is 0 Å². The van der Waals surface area contributed by atoms with Gasteiger partial charge in [0.25, 0.3) is 0 Å². The first-order valence-electron chi connectivity index (χ1n) is 7.72. The second-order valence-corrected chi connectivity index (χ2v) is 6.21. The summed E-state index contributed by atoms with van der Waals surface area (Å²) in [5.74, 6) is 2.69. The Morgan fingerprint density at radius 1 is 1.06 bits per heavy atom. The van der Waals surface area contributed by atoms with Gasteiger partial charge in [-0.25, -0.2) is 0 Å². The Kier molecular flexibility index (Phi) is 4.87. The van der Waals surface area contributed by atoms with Gasteiger partial charge in [-0.1, -0.05) is 33.1 Å². The van der Waals surface area contributed by atoms with E-state index in [1.165, 1.54) is 51.6 Å². The predicted molar refractivity (Wildman–Crippen MR) is 73.9 cm³/mol. The van der Waals surface area contributed by atoms with Crippen molar-refractivity contribution in [3.63, 3.8) is 0 Å². The molecule has 2 fully saturated rings. The second kappa shape index (κ2) is 6.19. The van der Waals surface area contributed by atoms with E-state index >= 15 is 0 Å². The molecule has 2 nitrogen and oxygen atoms in total. The molecule has 100 valence electrons. The average molecular weight is 238 g/mol. The summed E-state index contributed by atoms with van der Waals surface area (Å²) in [6, 6.07) is 0.801. The molecule has 0 spiro atoms. The van der Waals surface area contributed by atoms with Gasteiger partial charge in [0.15, 0.2) is 0 Å². The standard InChI is InChI=1S/C15H30N2/c1-3-12-5-6-14(10-16)15(9-12)17-8-7-13(4-2)11-17/h12-15H,3-11,16H2,1-2H3. The van der Waals surface area contributed by atoms with Gasteiger partial charge in [-0.3, -0.25) is 4.90 Å². The quantitative estimate of drug-likeness (QED) is 0.816. The fourth-order valence-corrected chi connectivity index (χ4v) is 3.88. The lowest BCUT2D eigenvalue weighted by Gasteiger charge is -2.41. The summed E-state index contributed by atoms with van der Waals surface area (Å²) >= 11 is 0. The van der Waals surface area contributed by atoms with Crippen LogP contribution in [0.5, 0.6) is 0 Å². The van der Waals surface area contributed by atoms with Crippen molar-refractivity contribution in [3.8, 4) is 0 Å². The molecule has 1 heterocycles. The van der Waals surface area contributed by atoms with Crippen LogP contribution in [0.25, 0.3) is 0 Å². The number of nitrogens with two attached hydrogens (primary N) is 1. The molecule has 0 radical (unpaired) electrons. The van der Waals surface area contributed by atoms with E-state index in [4.69, 9.17) is 5.73 Å². The Hall–Kier alpha value is -0.0800. The molecule has 1 saturated heterocycles. The molecule has 1 aliphatic heterocycles. The van der Waals surface area contributed by atoms with Gasteiger partial charge < -0.3 is 5.73 Å². The molecule has 0 amide bonds. The number of nitrogens with zero attached hydrogens (tertiary/aromatic N) is 1. The molecule has 0 aromatic rings. The largest absolute Gasteiger partial charge is 0.330 e. The summed E-state index contributed by atoms with van der Waals surface area (Å²) < 4.78 is 0. The molecular weight excluding hydrogens is 208 g/mol. The van der Waals surface area contributed by atoms with Crippen LogP contribution in [0.3, 0.4) is 0 Å². The minimum Gasteiger partial charge on any atom is -0.330 e. The van der Waals surface area contributed by atoms with E-state index in [-0.39, 0.29) is 0 Å². The van der Waals surface area contributed by atoms with Gasteiger partial charge in [0.2, 0.25) is 0 Å². The smallest absolute Gasteiger partial charge is 0.0138 e. The van der Waals surface area contributed by atoms with Gasteiger partial charge in [0, 0.05) is 12.6 Å². The van der Waals surface area contributed by atoms with Crippen LogP contribution in [0.4, 0.5) is 0 Å². The molecular formula is C15H30N2. The van der Waals surface area contributed by atoms with Gasteiger partial charge in [-0.05, 0) is 50.1 Å². The maximum atomic E-state index is 5.99. The zero-order valence-corrected chi connectivity index (χ0v) is 11.7. The highest BCUT2D eigenvalue weighted by Gasteiger charge is 2.35.